The smallest absolute Gasteiger partial charge is 0.0468 e. The van der Waals surface area contributed by atoms with E-state index in [1.807, 2.05) is 6.20 Å². The Hall–Kier alpha value is -0.800. The van der Waals surface area contributed by atoms with Crippen LogP contribution in [-0.2, 0) is 0 Å². The largest absolute Gasteiger partial charge is 0.360 e. The van der Waals surface area contributed by atoms with Gasteiger partial charge in [0.1, 0.15) is 0 Å². The van der Waals surface area contributed by atoms with Gasteiger partial charge >= 0.3 is 0 Å². The van der Waals surface area contributed by atoms with E-state index in [1.54, 1.807) is 0 Å². The molecule has 0 radical (unpaired) electrons. The van der Waals surface area contributed by atoms with Gasteiger partial charge in [-0.3, -0.25) is 0 Å². The molecule has 1 saturated heterocycles. The molecular weight excluding hydrogens is 264 g/mol. The third-order valence-corrected chi connectivity index (χ3v) is 4.05. The number of benzene rings is 1. The number of nitrogens with one attached hydrogen (secondary N) is 2. The third-order valence-electron chi connectivity index (χ3n) is 3.43. The number of rotatable bonds is 1. The molecule has 1 unspecified atom stereocenters. The lowest BCUT2D eigenvalue weighted by atomic mass is 9.89. The molecule has 3 heteroatoms. The summed E-state index contributed by atoms with van der Waals surface area (Å²) in [5.74, 6) is 0.657. The van der Waals surface area contributed by atoms with Crippen molar-refractivity contribution < 1.29 is 0 Å². The molecule has 0 bridgehead atoms. The Bertz CT molecular complexity index is 498. The number of hydrogen-bond donors (Lipinski definition) is 2. The van der Waals surface area contributed by atoms with Crippen molar-refractivity contribution in [1.29, 1.82) is 0 Å². The van der Waals surface area contributed by atoms with Crippen LogP contribution in [0.25, 0.3) is 10.9 Å². The maximum atomic E-state index is 3.63. The van der Waals surface area contributed by atoms with Crippen molar-refractivity contribution in [2.24, 2.45) is 0 Å². The Morgan fingerprint density at radius 3 is 3.06 bits per heavy atom. The van der Waals surface area contributed by atoms with Crippen molar-refractivity contribution in [3.8, 4) is 0 Å². The number of aromatic amines is 1. The first-order valence-corrected chi connectivity index (χ1v) is 6.62. The van der Waals surface area contributed by atoms with Gasteiger partial charge in [0.25, 0.3) is 0 Å². The molecule has 2 heterocycles. The van der Waals surface area contributed by atoms with Crippen LogP contribution in [0.3, 0.4) is 0 Å². The average Bonchev–Trinajstić information content (AvgIpc) is 2.73. The number of piperidine rings is 1. The van der Waals surface area contributed by atoms with Crippen molar-refractivity contribution in [2.75, 3.05) is 13.1 Å². The highest BCUT2D eigenvalue weighted by molar-refractivity contribution is 9.10. The number of fused-ring (bicyclic) bond motifs is 1. The molecule has 1 atom stereocenters. The molecule has 1 aliphatic heterocycles. The molecule has 2 aromatic rings. The van der Waals surface area contributed by atoms with Gasteiger partial charge in [0.15, 0.2) is 0 Å². The van der Waals surface area contributed by atoms with Crippen LogP contribution < -0.4 is 5.32 Å². The maximum Gasteiger partial charge on any atom is 0.0468 e. The molecule has 1 aromatic heterocycles. The zero-order valence-electron chi connectivity index (χ0n) is 9.09. The maximum absolute atomic E-state index is 3.63. The molecule has 16 heavy (non-hydrogen) atoms. The molecular formula is C13H15BrN2. The van der Waals surface area contributed by atoms with Gasteiger partial charge in [0.2, 0.25) is 0 Å². The van der Waals surface area contributed by atoms with Crippen LogP contribution >= 0.6 is 15.9 Å². The van der Waals surface area contributed by atoms with Crippen LogP contribution in [0.5, 0.6) is 0 Å². The highest BCUT2D eigenvalue weighted by Gasteiger charge is 2.18. The SMILES string of the molecule is Brc1c[nH]c2cccc(C3CCCNC3)c12. The first kappa shape index (κ1) is 10.4. The molecule has 0 amide bonds. The predicted molar refractivity (Wildman–Crippen MR) is 70.8 cm³/mol. The summed E-state index contributed by atoms with van der Waals surface area (Å²) >= 11 is 3.63. The van der Waals surface area contributed by atoms with E-state index >= 15 is 0 Å². The molecule has 2 N–H and O–H groups in total. The second kappa shape index (κ2) is 4.22. The normalized spacial score (nSPS) is 21.4. The van der Waals surface area contributed by atoms with E-state index in [1.165, 1.54) is 40.3 Å². The molecule has 0 aliphatic carbocycles. The van der Waals surface area contributed by atoms with Crippen LogP contribution in [0.2, 0.25) is 0 Å². The van der Waals surface area contributed by atoms with E-state index < -0.39 is 0 Å². The van der Waals surface area contributed by atoms with Gasteiger partial charge in [-0.15, -0.1) is 0 Å². The summed E-state index contributed by atoms with van der Waals surface area (Å²) in [5, 5.41) is 4.84. The number of H-pyrrole nitrogens is 1. The van der Waals surface area contributed by atoms with Crippen LogP contribution in [0, 0.1) is 0 Å². The Balaban J connectivity index is 2.10. The minimum atomic E-state index is 0.657. The van der Waals surface area contributed by atoms with Crippen LogP contribution in [0.4, 0.5) is 0 Å². The fourth-order valence-electron chi connectivity index (χ4n) is 2.63. The molecule has 3 rings (SSSR count). The predicted octanol–water partition coefficient (Wildman–Crippen LogP) is 3.40. The average molecular weight is 279 g/mol. The first-order chi connectivity index (χ1) is 7.86. The highest BCUT2D eigenvalue weighted by atomic mass is 79.9. The quantitative estimate of drug-likeness (QED) is 0.822. The number of aromatic nitrogens is 1. The molecule has 2 nitrogen and oxygen atoms in total. The van der Waals surface area contributed by atoms with Crippen molar-refractivity contribution in [1.82, 2.24) is 10.3 Å². The third kappa shape index (κ3) is 1.68. The van der Waals surface area contributed by atoms with E-state index in [0.29, 0.717) is 5.92 Å². The van der Waals surface area contributed by atoms with Crippen LogP contribution in [0.1, 0.15) is 24.3 Å². The fourth-order valence-corrected chi connectivity index (χ4v) is 3.18. The second-order valence-corrected chi connectivity index (χ2v) is 5.30. The van der Waals surface area contributed by atoms with Crippen molar-refractivity contribution in [3.63, 3.8) is 0 Å². The van der Waals surface area contributed by atoms with E-state index in [0.717, 1.165) is 6.54 Å². The van der Waals surface area contributed by atoms with Crippen molar-refractivity contribution in [2.45, 2.75) is 18.8 Å². The Labute approximate surface area is 104 Å². The van der Waals surface area contributed by atoms with Gasteiger partial charge < -0.3 is 10.3 Å². The molecule has 0 saturated carbocycles. The van der Waals surface area contributed by atoms with Gasteiger partial charge in [-0.05, 0) is 52.9 Å². The Kier molecular flexibility index (Phi) is 2.74. The van der Waals surface area contributed by atoms with E-state index in [2.05, 4.69) is 44.4 Å². The molecule has 1 fully saturated rings. The minimum absolute atomic E-state index is 0.657. The van der Waals surface area contributed by atoms with Gasteiger partial charge in [-0.1, -0.05) is 12.1 Å². The lowest BCUT2D eigenvalue weighted by molar-refractivity contribution is 0.463. The van der Waals surface area contributed by atoms with Crippen LogP contribution in [0.15, 0.2) is 28.9 Å². The van der Waals surface area contributed by atoms with E-state index in [9.17, 15) is 0 Å². The van der Waals surface area contributed by atoms with E-state index in [4.69, 9.17) is 0 Å². The topological polar surface area (TPSA) is 27.8 Å². The van der Waals surface area contributed by atoms with Crippen molar-refractivity contribution in [3.05, 3.63) is 34.4 Å². The van der Waals surface area contributed by atoms with E-state index in [-0.39, 0.29) is 0 Å². The lowest BCUT2D eigenvalue weighted by Crippen LogP contribution is -2.28. The van der Waals surface area contributed by atoms with Crippen LogP contribution in [-0.4, -0.2) is 18.1 Å². The molecule has 1 aliphatic rings. The highest BCUT2D eigenvalue weighted by Crippen LogP contribution is 2.34. The van der Waals surface area contributed by atoms with Crippen molar-refractivity contribution >= 4 is 26.8 Å². The standard InChI is InChI=1S/C13H15BrN2/c14-11-8-16-12-5-1-4-10(13(11)12)9-3-2-6-15-7-9/h1,4-5,8-9,15-16H,2-3,6-7H2. The first-order valence-electron chi connectivity index (χ1n) is 5.82. The summed E-state index contributed by atoms with van der Waals surface area (Å²) in [6.45, 7) is 2.28. The summed E-state index contributed by atoms with van der Waals surface area (Å²) in [4.78, 5) is 3.30. The zero-order chi connectivity index (χ0) is 11.0. The molecule has 1 aromatic carbocycles. The fraction of sp³-hybridized carbons (Fsp3) is 0.385. The molecule has 84 valence electrons. The second-order valence-electron chi connectivity index (χ2n) is 4.45. The van der Waals surface area contributed by atoms with Gasteiger partial charge in [0.05, 0.1) is 0 Å². The summed E-state index contributed by atoms with van der Waals surface area (Å²) in [5.41, 5.74) is 2.70. The Morgan fingerprint density at radius 1 is 1.31 bits per heavy atom. The lowest BCUT2D eigenvalue weighted by Gasteiger charge is -2.23. The summed E-state index contributed by atoms with van der Waals surface area (Å²) in [6, 6.07) is 6.55. The zero-order valence-corrected chi connectivity index (χ0v) is 10.7. The summed E-state index contributed by atoms with van der Waals surface area (Å²) in [7, 11) is 0. The minimum Gasteiger partial charge on any atom is -0.360 e. The monoisotopic (exact) mass is 278 g/mol. The Morgan fingerprint density at radius 2 is 2.25 bits per heavy atom. The van der Waals surface area contributed by atoms with Gasteiger partial charge in [0, 0.05) is 28.1 Å². The summed E-state index contributed by atoms with van der Waals surface area (Å²) in [6.07, 6.45) is 4.61. The number of halogens is 1. The summed E-state index contributed by atoms with van der Waals surface area (Å²) < 4.78 is 1.18. The number of hydrogen-bond acceptors (Lipinski definition) is 1. The molecule has 0 spiro atoms. The van der Waals surface area contributed by atoms with Gasteiger partial charge in [-0.2, -0.15) is 0 Å². The van der Waals surface area contributed by atoms with Gasteiger partial charge in [-0.25, -0.2) is 0 Å².